The number of fused-ring (bicyclic) bond motifs is 1. The van der Waals surface area contributed by atoms with E-state index in [2.05, 4.69) is 104 Å². The average Bonchev–Trinajstić information content (AvgIpc) is 4.09. The number of aldehydes is 1. The van der Waals surface area contributed by atoms with Crippen LogP contribution in [-0.4, -0.2) is 112 Å². The van der Waals surface area contributed by atoms with Crippen LogP contribution in [0.2, 0.25) is 0 Å². The van der Waals surface area contributed by atoms with Crippen LogP contribution >= 0.6 is 0 Å². The highest BCUT2D eigenvalue weighted by Crippen LogP contribution is 2.36. The van der Waals surface area contributed by atoms with Crippen LogP contribution in [0.15, 0.2) is 66.2 Å². The Balaban J connectivity index is 0.000000415. The first-order valence-corrected chi connectivity index (χ1v) is 20.3. The van der Waals surface area contributed by atoms with Crippen molar-refractivity contribution in [2.45, 2.75) is 87.0 Å². The van der Waals surface area contributed by atoms with Crippen LogP contribution < -0.4 is 10.6 Å². The molecule has 15 heteroatoms. The van der Waals surface area contributed by atoms with Crippen molar-refractivity contribution in [1.29, 1.82) is 0 Å². The molecule has 5 aromatic rings. The Labute approximate surface area is 344 Å². The van der Waals surface area contributed by atoms with E-state index in [4.69, 9.17) is 4.42 Å². The van der Waals surface area contributed by atoms with Gasteiger partial charge in [-0.2, -0.15) is 0 Å². The molecule has 0 saturated carbocycles. The standard InChI is InChI=1S/C18H13N5O.C8H14N2O2.C5H11N.C4H7NO3.2C3H8.C2H6/c1-3-12(15-6-19-9-22-15)4-2-11(1)13-5-21-17-14(8-24-18(13)17)16-7-20-10-23-16;1-7(11)9-6-8(12)10-4-2-3-5-10;1-6-4-2-3-5-6;1-8-4(7)5-2-3-6;2*1-3-2;1-2/h1-10,21H,(H,19,22)(H,20,23);2-6H2,1H3,(H,9,11);2-5H2,1H3;3H,2H2,1H3,(H,5,7);2*3H2,1-2H3;1-2H3. The summed E-state index contributed by atoms with van der Waals surface area (Å²) in [6, 6.07) is 8.30. The number of ether oxygens (including phenoxy) is 1. The molecule has 4 aromatic heterocycles. The lowest BCUT2D eigenvalue weighted by molar-refractivity contribution is -0.131. The van der Waals surface area contributed by atoms with Gasteiger partial charge < -0.3 is 49.3 Å². The number of hydrogen-bond acceptors (Lipinski definition) is 9. The van der Waals surface area contributed by atoms with Crippen molar-refractivity contribution in [1.82, 2.24) is 45.4 Å². The molecule has 1 aromatic carbocycles. The number of benzene rings is 1. The average molecular weight is 806 g/mol. The summed E-state index contributed by atoms with van der Waals surface area (Å²) in [5.41, 5.74) is 7.93. The van der Waals surface area contributed by atoms with Gasteiger partial charge in [0.05, 0.1) is 67.7 Å². The highest BCUT2D eigenvalue weighted by atomic mass is 16.5. The number of methoxy groups -OCH3 is 1. The molecule has 0 atom stereocenters. The first-order valence-electron chi connectivity index (χ1n) is 20.3. The zero-order chi connectivity index (χ0) is 43.1. The van der Waals surface area contributed by atoms with E-state index in [-0.39, 0.29) is 24.9 Å². The summed E-state index contributed by atoms with van der Waals surface area (Å²) in [6.07, 6.45) is 18.1. The van der Waals surface area contributed by atoms with E-state index in [0.717, 1.165) is 70.7 Å². The van der Waals surface area contributed by atoms with Crippen LogP contribution in [-0.2, 0) is 19.1 Å². The van der Waals surface area contributed by atoms with Crippen molar-refractivity contribution >= 4 is 35.3 Å². The smallest absolute Gasteiger partial charge is 0.407 e. The number of furan rings is 1. The fraction of sp³-hybridized carbons (Fsp3) is 0.488. The molecule has 0 radical (unpaired) electrons. The Kier molecular flexibility index (Phi) is 26.4. The van der Waals surface area contributed by atoms with Crippen LogP contribution in [0.25, 0.3) is 44.7 Å². The van der Waals surface area contributed by atoms with Gasteiger partial charge in [-0.1, -0.05) is 78.6 Å². The Bertz CT molecular complexity index is 1790. The van der Waals surface area contributed by atoms with E-state index in [1.807, 2.05) is 26.2 Å². The number of imidazole rings is 2. The lowest BCUT2D eigenvalue weighted by Crippen LogP contribution is -2.37. The van der Waals surface area contributed by atoms with Crippen LogP contribution in [0.3, 0.4) is 0 Å². The Morgan fingerprint density at radius 2 is 1.34 bits per heavy atom. The Hall–Kier alpha value is -5.70. The molecule has 58 heavy (non-hydrogen) atoms. The number of H-pyrrole nitrogens is 3. The SMILES string of the molecule is CC.CC(=O)NCC(=O)N1CCCC1.CCC.CCC.CN1CCCC1.COC(=O)NCC=O.c1ncc(-c2ccc(-c3c[nH]c4c(-c5cnc[nH]5)coc34)cc2)[nH]1. The highest BCUT2D eigenvalue weighted by Gasteiger charge is 2.18. The van der Waals surface area contributed by atoms with Crippen molar-refractivity contribution < 1.29 is 28.3 Å². The monoisotopic (exact) mass is 806 g/mol. The number of aromatic amines is 3. The van der Waals surface area contributed by atoms with E-state index in [1.165, 1.54) is 52.8 Å². The lowest BCUT2D eigenvalue weighted by atomic mass is 10.0. The minimum atomic E-state index is -0.586. The van der Waals surface area contributed by atoms with Crippen molar-refractivity contribution in [3.8, 4) is 33.6 Å². The quantitative estimate of drug-likeness (QED) is 0.101. The zero-order valence-electron chi connectivity index (χ0n) is 36.1. The number of carbonyl (C=O) groups excluding carboxylic acids is 4. The Morgan fingerprint density at radius 3 is 1.81 bits per heavy atom. The van der Waals surface area contributed by atoms with E-state index in [1.54, 1.807) is 30.0 Å². The molecule has 3 amide bonds. The molecule has 0 spiro atoms. The predicted molar refractivity (Wildman–Crippen MR) is 232 cm³/mol. The third-order valence-electron chi connectivity index (χ3n) is 7.98. The van der Waals surface area contributed by atoms with Gasteiger partial charge in [0.1, 0.15) is 12.5 Å². The third-order valence-corrected chi connectivity index (χ3v) is 7.98. The van der Waals surface area contributed by atoms with E-state index < -0.39 is 6.09 Å². The van der Waals surface area contributed by atoms with Gasteiger partial charge in [-0.3, -0.25) is 9.59 Å². The van der Waals surface area contributed by atoms with Gasteiger partial charge >= 0.3 is 6.09 Å². The van der Waals surface area contributed by atoms with Gasteiger partial charge in [0.25, 0.3) is 0 Å². The van der Waals surface area contributed by atoms with Crippen LogP contribution in [0.1, 0.15) is 87.0 Å². The second-order valence-electron chi connectivity index (χ2n) is 13.0. The topological polar surface area (TPSA) is 194 Å². The lowest BCUT2D eigenvalue weighted by Gasteiger charge is -2.14. The largest absolute Gasteiger partial charge is 0.461 e. The number of carbonyl (C=O) groups is 4. The first-order chi connectivity index (χ1) is 28.1. The molecule has 0 unspecified atom stereocenters. The molecule has 5 N–H and O–H groups in total. The second-order valence-corrected chi connectivity index (χ2v) is 13.0. The van der Waals surface area contributed by atoms with Gasteiger partial charge in [0.2, 0.25) is 11.8 Å². The van der Waals surface area contributed by atoms with Gasteiger partial charge in [-0.05, 0) is 56.9 Å². The number of rotatable bonds is 7. The molecule has 0 aliphatic carbocycles. The van der Waals surface area contributed by atoms with E-state index in [0.29, 0.717) is 6.29 Å². The van der Waals surface area contributed by atoms with E-state index in [9.17, 15) is 19.2 Å². The van der Waals surface area contributed by atoms with Gasteiger partial charge in [0, 0.05) is 31.8 Å². The first kappa shape index (κ1) is 50.3. The number of hydrogen-bond donors (Lipinski definition) is 5. The Morgan fingerprint density at radius 1 is 0.810 bits per heavy atom. The number of aromatic nitrogens is 5. The molecular formula is C43H67N9O6. The minimum Gasteiger partial charge on any atom is -0.461 e. The van der Waals surface area contributed by atoms with Crippen molar-refractivity contribution in [3.05, 3.63) is 61.8 Å². The number of amides is 3. The molecule has 2 aliphatic heterocycles. The fourth-order valence-corrected chi connectivity index (χ4v) is 5.32. The maximum absolute atomic E-state index is 11.3. The zero-order valence-corrected chi connectivity index (χ0v) is 36.1. The number of likely N-dealkylation sites (tertiary alicyclic amines) is 2. The summed E-state index contributed by atoms with van der Waals surface area (Å²) in [5.74, 6) is -0.120. The normalized spacial score (nSPS) is 12.5. The maximum atomic E-state index is 11.3. The molecule has 7 rings (SSSR count). The second kappa shape index (κ2) is 30.4. The summed E-state index contributed by atoms with van der Waals surface area (Å²) < 4.78 is 9.95. The number of alkyl carbamates (subject to hydrolysis) is 1. The molecule has 2 aliphatic rings. The van der Waals surface area contributed by atoms with Crippen molar-refractivity contribution in [3.63, 3.8) is 0 Å². The molecule has 2 fully saturated rings. The molecule has 0 bridgehead atoms. The minimum absolute atomic E-state index is 0.00662. The van der Waals surface area contributed by atoms with Gasteiger partial charge in [-0.15, -0.1) is 0 Å². The van der Waals surface area contributed by atoms with Crippen molar-refractivity contribution in [2.24, 2.45) is 0 Å². The maximum Gasteiger partial charge on any atom is 0.407 e. The number of nitrogens with one attached hydrogen (secondary N) is 5. The summed E-state index contributed by atoms with van der Waals surface area (Å²) in [5, 5.41) is 4.64. The fourth-order valence-electron chi connectivity index (χ4n) is 5.32. The van der Waals surface area contributed by atoms with E-state index >= 15 is 0 Å². The van der Waals surface area contributed by atoms with Gasteiger partial charge in [-0.25, -0.2) is 14.8 Å². The number of nitrogens with zero attached hydrogens (tertiary/aromatic N) is 4. The summed E-state index contributed by atoms with van der Waals surface area (Å²) >= 11 is 0. The van der Waals surface area contributed by atoms with Crippen LogP contribution in [0.4, 0.5) is 4.79 Å². The highest BCUT2D eigenvalue weighted by molar-refractivity contribution is 5.99. The van der Waals surface area contributed by atoms with Crippen molar-refractivity contribution in [2.75, 3.05) is 53.4 Å². The van der Waals surface area contributed by atoms with Crippen LogP contribution in [0, 0.1) is 0 Å². The molecule has 320 valence electrons. The molecule has 15 nitrogen and oxygen atoms in total. The molecule has 2 saturated heterocycles. The molecular weight excluding hydrogens is 739 g/mol. The summed E-state index contributed by atoms with van der Waals surface area (Å²) in [4.78, 5) is 63.2. The summed E-state index contributed by atoms with van der Waals surface area (Å²) in [7, 11) is 3.41. The molecule has 6 heterocycles. The predicted octanol–water partition coefficient (Wildman–Crippen LogP) is 8.07. The third kappa shape index (κ3) is 18.5. The van der Waals surface area contributed by atoms with Crippen LogP contribution in [0.5, 0.6) is 0 Å². The van der Waals surface area contributed by atoms with Gasteiger partial charge in [0.15, 0.2) is 5.58 Å². The summed E-state index contributed by atoms with van der Waals surface area (Å²) in [6.45, 7) is 18.4.